The molecule has 0 atom stereocenters. The Balaban J connectivity index is 1.86. The first kappa shape index (κ1) is 22.9. The van der Waals surface area contributed by atoms with E-state index in [0.717, 1.165) is 6.07 Å². The fourth-order valence-electron chi connectivity index (χ4n) is 3.36. The maximum Gasteiger partial charge on any atom is 0.416 e. The second-order valence-electron chi connectivity index (χ2n) is 7.71. The summed E-state index contributed by atoms with van der Waals surface area (Å²) in [6, 6.07) is 12.1. The molecular weight excluding hydrogens is 427 g/mol. The molecule has 1 aromatic heterocycles. The molecule has 3 rings (SSSR count). The maximum atomic E-state index is 13.4. The smallest absolute Gasteiger partial charge is 0.331 e. The molecule has 0 aliphatic carbocycles. The number of carbonyl (C=O) groups excluding carboxylic acids is 1. The minimum absolute atomic E-state index is 0.00959. The molecule has 1 amide bonds. The molecule has 0 fully saturated rings. The molecule has 164 valence electrons. The Morgan fingerprint density at radius 1 is 1.13 bits per heavy atom. The average Bonchev–Trinajstić information content (AvgIpc) is 3.13. The van der Waals surface area contributed by atoms with E-state index in [1.165, 1.54) is 18.3 Å². The van der Waals surface area contributed by atoms with Crippen LogP contribution in [-0.4, -0.2) is 26.9 Å². The second-order valence-corrected chi connectivity index (χ2v) is 8.15. The summed E-state index contributed by atoms with van der Waals surface area (Å²) < 4.78 is 41.7. The molecular formula is C23H23ClF3N3O. The van der Waals surface area contributed by atoms with Crippen molar-refractivity contribution in [2.45, 2.75) is 33.1 Å². The lowest BCUT2D eigenvalue weighted by Gasteiger charge is -2.25. The number of rotatable bonds is 7. The van der Waals surface area contributed by atoms with Gasteiger partial charge in [-0.3, -0.25) is 4.79 Å². The van der Waals surface area contributed by atoms with Gasteiger partial charge in [0.05, 0.1) is 12.1 Å². The van der Waals surface area contributed by atoms with E-state index in [4.69, 9.17) is 11.6 Å². The standard InChI is InChI=1S/C23H23ClF3N3O/c1-16(2)13-30(22(31)17-7-9-19(24)10-8-17)15-21-28-11-12-29(21)14-18-5-3-4-6-20(18)23(25,26)27/h3-12,16H,13-15H2,1-2H3. The molecule has 0 saturated heterocycles. The number of alkyl halides is 3. The van der Waals surface area contributed by atoms with Gasteiger partial charge < -0.3 is 9.47 Å². The molecule has 0 unspecified atom stereocenters. The van der Waals surface area contributed by atoms with Crippen molar-refractivity contribution in [3.63, 3.8) is 0 Å². The van der Waals surface area contributed by atoms with Crippen molar-refractivity contribution in [1.29, 1.82) is 0 Å². The molecule has 0 N–H and O–H groups in total. The predicted molar refractivity (Wildman–Crippen MR) is 114 cm³/mol. The summed E-state index contributed by atoms with van der Waals surface area (Å²) in [6.45, 7) is 4.66. The normalized spacial score (nSPS) is 11.7. The molecule has 0 spiro atoms. The monoisotopic (exact) mass is 449 g/mol. The SMILES string of the molecule is CC(C)CN(Cc1nccn1Cc1ccccc1C(F)(F)F)C(=O)c1ccc(Cl)cc1. The van der Waals surface area contributed by atoms with Crippen LogP contribution in [0.5, 0.6) is 0 Å². The summed E-state index contributed by atoms with van der Waals surface area (Å²) in [5.74, 6) is 0.529. The van der Waals surface area contributed by atoms with Gasteiger partial charge in [-0.2, -0.15) is 13.2 Å². The lowest BCUT2D eigenvalue weighted by atomic mass is 10.1. The summed E-state index contributed by atoms with van der Waals surface area (Å²) in [4.78, 5) is 19.0. The molecule has 0 bridgehead atoms. The summed E-state index contributed by atoms with van der Waals surface area (Å²) in [5, 5.41) is 0.533. The van der Waals surface area contributed by atoms with Crippen molar-refractivity contribution in [1.82, 2.24) is 14.5 Å². The maximum absolute atomic E-state index is 13.4. The van der Waals surface area contributed by atoms with Crippen LogP contribution in [0.25, 0.3) is 0 Å². The van der Waals surface area contributed by atoms with Gasteiger partial charge in [-0.05, 0) is 41.8 Å². The highest BCUT2D eigenvalue weighted by Gasteiger charge is 2.33. The van der Waals surface area contributed by atoms with Crippen molar-refractivity contribution in [2.75, 3.05) is 6.54 Å². The first-order chi connectivity index (χ1) is 14.6. The summed E-state index contributed by atoms with van der Waals surface area (Å²) in [5.41, 5.74) is -0.0369. The van der Waals surface area contributed by atoms with E-state index in [-0.39, 0.29) is 30.5 Å². The van der Waals surface area contributed by atoms with Crippen LogP contribution in [0.3, 0.4) is 0 Å². The van der Waals surface area contributed by atoms with Crippen LogP contribution < -0.4 is 0 Å². The number of hydrogen-bond donors (Lipinski definition) is 0. The zero-order valence-corrected chi connectivity index (χ0v) is 18.0. The number of imidazole rings is 1. The van der Waals surface area contributed by atoms with Crippen LogP contribution >= 0.6 is 11.6 Å². The minimum atomic E-state index is -4.44. The van der Waals surface area contributed by atoms with E-state index in [2.05, 4.69) is 4.98 Å². The Bertz CT molecular complexity index is 1030. The van der Waals surface area contributed by atoms with Gasteiger partial charge in [-0.15, -0.1) is 0 Å². The molecule has 0 saturated carbocycles. The summed E-state index contributed by atoms with van der Waals surface area (Å²) in [7, 11) is 0. The van der Waals surface area contributed by atoms with Crippen LogP contribution in [0.15, 0.2) is 60.9 Å². The first-order valence-electron chi connectivity index (χ1n) is 9.85. The lowest BCUT2D eigenvalue weighted by Crippen LogP contribution is -2.34. The third-order valence-corrected chi connectivity index (χ3v) is 5.01. The lowest BCUT2D eigenvalue weighted by molar-refractivity contribution is -0.138. The van der Waals surface area contributed by atoms with Gasteiger partial charge in [0.2, 0.25) is 0 Å². The Morgan fingerprint density at radius 2 is 1.81 bits per heavy atom. The summed E-state index contributed by atoms with van der Waals surface area (Å²) in [6.07, 6.45) is -1.28. The molecule has 0 radical (unpaired) electrons. The zero-order valence-electron chi connectivity index (χ0n) is 17.2. The van der Waals surface area contributed by atoms with Gasteiger partial charge in [-0.1, -0.05) is 43.6 Å². The van der Waals surface area contributed by atoms with Gasteiger partial charge >= 0.3 is 6.18 Å². The highest BCUT2D eigenvalue weighted by atomic mass is 35.5. The third kappa shape index (κ3) is 5.88. The molecule has 4 nitrogen and oxygen atoms in total. The number of hydrogen-bond acceptors (Lipinski definition) is 2. The Kier molecular flexibility index (Phi) is 7.05. The van der Waals surface area contributed by atoms with Crippen molar-refractivity contribution >= 4 is 17.5 Å². The Labute approximate surface area is 184 Å². The summed E-state index contributed by atoms with van der Waals surface area (Å²) >= 11 is 5.92. The minimum Gasteiger partial charge on any atom is -0.331 e. The number of benzene rings is 2. The topological polar surface area (TPSA) is 38.1 Å². The van der Waals surface area contributed by atoms with Crippen LogP contribution in [0.1, 0.15) is 41.2 Å². The predicted octanol–water partition coefficient (Wildman–Crippen LogP) is 5.90. The molecule has 0 aliphatic heterocycles. The quantitative estimate of drug-likeness (QED) is 0.450. The van der Waals surface area contributed by atoms with Crippen molar-refractivity contribution < 1.29 is 18.0 Å². The van der Waals surface area contributed by atoms with Crippen LogP contribution in [0.4, 0.5) is 13.2 Å². The molecule has 0 aliphatic rings. The first-order valence-corrected chi connectivity index (χ1v) is 10.2. The van der Waals surface area contributed by atoms with Gasteiger partial charge in [0.15, 0.2) is 0 Å². The molecule has 2 aromatic carbocycles. The fourth-order valence-corrected chi connectivity index (χ4v) is 3.49. The van der Waals surface area contributed by atoms with E-state index >= 15 is 0 Å². The molecule has 3 aromatic rings. The number of aromatic nitrogens is 2. The van der Waals surface area contributed by atoms with Gasteiger partial charge in [0.1, 0.15) is 5.82 Å². The number of carbonyl (C=O) groups is 1. The van der Waals surface area contributed by atoms with Gasteiger partial charge in [-0.25, -0.2) is 4.98 Å². The van der Waals surface area contributed by atoms with Crippen LogP contribution in [-0.2, 0) is 19.3 Å². The average molecular weight is 450 g/mol. The van der Waals surface area contributed by atoms with Crippen LogP contribution in [0.2, 0.25) is 5.02 Å². The van der Waals surface area contributed by atoms with E-state index in [0.29, 0.717) is 23.0 Å². The Morgan fingerprint density at radius 3 is 2.45 bits per heavy atom. The van der Waals surface area contributed by atoms with Gasteiger partial charge in [0, 0.05) is 36.1 Å². The zero-order chi connectivity index (χ0) is 22.6. The van der Waals surface area contributed by atoms with Crippen LogP contribution in [0, 0.1) is 5.92 Å². The molecule has 8 heteroatoms. The van der Waals surface area contributed by atoms with E-state index in [9.17, 15) is 18.0 Å². The van der Waals surface area contributed by atoms with Crippen molar-refractivity contribution in [3.8, 4) is 0 Å². The molecule has 31 heavy (non-hydrogen) atoms. The number of nitrogens with zero attached hydrogens (tertiary/aromatic N) is 3. The molecule has 1 heterocycles. The highest BCUT2D eigenvalue weighted by Crippen LogP contribution is 2.32. The van der Waals surface area contributed by atoms with E-state index < -0.39 is 11.7 Å². The second kappa shape index (κ2) is 9.56. The van der Waals surface area contributed by atoms with E-state index in [1.807, 2.05) is 13.8 Å². The van der Waals surface area contributed by atoms with Crippen molar-refractivity contribution in [2.24, 2.45) is 5.92 Å². The van der Waals surface area contributed by atoms with Crippen molar-refractivity contribution in [3.05, 3.63) is 88.5 Å². The Hall–Kier alpha value is -2.80. The fraction of sp³-hybridized carbons (Fsp3) is 0.304. The third-order valence-electron chi connectivity index (χ3n) is 4.76. The largest absolute Gasteiger partial charge is 0.416 e. The number of halogens is 4. The highest BCUT2D eigenvalue weighted by molar-refractivity contribution is 6.30. The van der Waals surface area contributed by atoms with Gasteiger partial charge in [0.25, 0.3) is 5.91 Å². The van der Waals surface area contributed by atoms with E-state index in [1.54, 1.807) is 46.0 Å². The number of amides is 1.